The molecular weight excluding hydrogens is 274 g/mol. The van der Waals surface area contributed by atoms with Gasteiger partial charge in [0.25, 0.3) is 0 Å². The van der Waals surface area contributed by atoms with Crippen LogP contribution in [0, 0.1) is 5.92 Å². The topological polar surface area (TPSA) is 72.2 Å². The van der Waals surface area contributed by atoms with Gasteiger partial charge in [-0.25, -0.2) is 8.42 Å². The molecule has 2 unspecified atom stereocenters. The molecule has 0 saturated carbocycles. The Labute approximate surface area is 111 Å². The normalized spacial score (nSPS) is 15.3. The molecule has 0 aliphatic carbocycles. The first kappa shape index (κ1) is 15.8. The largest absolute Gasteiger partial charge is 0.382 e. The Hall–Kier alpha value is -1.21. The lowest BCUT2D eigenvalue weighted by Crippen LogP contribution is -2.29. The van der Waals surface area contributed by atoms with E-state index in [0.29, 0.717) is 12.2 Å². The van der Waals surface area contributed by atoms with E-state index in [2.05, 4.69) is 5.32 Å². The summed E-state index contributed by atoms with van der Waals surface area (Å²) in [5.41, 5.74) is 6.21. The van der Waals surface area contributed by atoms with Crippen molar-refractivity contribution < 1.29 is 17.2 Å². The molecule has 2 atom stereocenters. The molecule has 0 fully saturated rings. The molecule has 1 rings (SSSR count). The van der Waals surface area contributed by atoms with Crippen LogP contribution < -0.4 is 11.1 Å². The van der Waals surface area contributed by atoms with Crippen LogP contribution in [0.5, 0.6) is 0 Å². The van der Waals surface area contributed by atoms with E-state index in [9.17, 15) is 17.2 Å². The molecule has 0 spiro atoms. The standard InChI is InChI=1S/C12H18F2N2O2S/c1-8(7-15)9(2)16-10-3-5-11(6-4-10)19(17,18)12(13)14/h3-6,8-9,12,16H,7,15H2,1-2H3. The molecule has 0 radical (unpaired) electrons. The number of nitrogens with two attached hydrogens (primary N) is 1. The molecule has 19 heavy (non-hydrogen) atoms. The van der Waals surface area contributed by atoms with Gasteiger partial charge in [0.05, 0.1) is 4.90 Å². The summed E-state index contributed by atoms with van der Waals surface area (Å²) in [4.78, 5) is -0.382. The zero-order valence-corrected chi connectivity index (χ0v) is 11.6. The van der Waals surface area contributed by atoms with Gasteiger partial charge in [-0.1, -0.05) is 6.92 Å². The van der Waals surface area contributed by atoms with Gasteiger partial charge in [0, 0.05) is 11.7 Å². The van der Waals surface area contributed by atoms with Crippen LogP contribution in [-0.2, 0) is 9.84 Å². The van der Waals surface area contributed by atoms with E-state index in [4.69, 9.17) is 5.73 Å². The van der Waals surface area contributed by atoms with E-state index in [-0.39, 0.29) is 16.9 Å². The fraction of sp³-hybridized carbons (Fsp3) is 0.500. The first-order chi connectivity index (χ1) is 8.78. The second-order valence-corrected chi connectivity index (χ2v) is 6.39. The minimum Gasteiger partial charge on any atom is -0.382 e. The van der Waals surface area contributed by atoms with E-state index < -0.39 is 15.6 Å². The van der Waals surface area contributed by atoms with Crippen molar-refractivity contribution in [2.75, 3.05) is 11.9 Å². The highest BCUT2D eigenvalue weighted by atomic mass is 32.2. The molecule has 1 aromatic rings. The molecule has 4 nitrogen and oxygen atoms in total. The van der Waals surface area contributed by atoms with Crippen LogP contribution in [-0.4, -0.2) is 26.8 Å². The summed E-state index contributed by atoms with van der Waals surface area (Å²) in [6.07, 6.45) is 0. The molecule has 1 aromatic carbocycles. The van der Waals surface area contributed by atoms with Crippen LogP contribution in [0.25, 0.3) is 0 Å². The highest BCUT2D eigenvalue weighted by Crippen LogP contribution is 2.21. The zero-order chi connectivity index (χ0) is 14.6. The minimum absolute atomic E-state index is 0.0996. The predicted octanol–water partition coefficient (Wildman–Crippen LogP) is 2.08. The van der Waals surface area contributed by atoms with Crippen molar-refractivity contribution in [1.82, 2.24) is 0 Å². The maximum atomic E-state index is 12.3. The number of halogens is 2. The molecule has 0 aliphatic heterocycles. The Morgan fingerprint density at radius 2 is 1.74 bits per heavy atom. The number of hydrogen-bond donors (Lipinski definition) is 2. The van der Waals surface area contributed by atoms with Crippen molar-refractivity contribution in [2.24, 2.45) is 11.7 Å². The minimum atomic E-state index is -4.52. The molecule has 3 N–H and O–H groups in total. The van der Waals surface area contributed by atoms with E-state index in [1.54, 1.807) is 0 Å². The number of anilines is 1. The summed E-state index contributed by atoms with van der Waals surface area (Å²) < 4.78 is 47.2. The van der Waals surface area contributed by atoms with Crippen LogP contribution in [0.2, 0.25) is 0 Å². The molecule has 0 saturated heterocycles. The van der Waals surface area contributed by atoms with E-state index in [0.717, 1.165) is 0 Å². The van der Waals surface area contributed by atoms with Crippen molar-refractivity contribution in [1.29, 1.82) is 0 Å². The van der Waals surface area contributed by atoms with Gasteiger partial charge in [-0.3, -0.25) is 0 Å². The highest BCUT2D eigenvalue weighted by molar-refractivity contribution is 7.91. The van der Waals surface area contributed by atoms with Crippen LogP contribution in [0.4, 0.5) is 14.5 Å². The average Bonchev–Trinajstić information content (AvgIpc) is 2.38. The van der Waals surface area contributed by atoms with Gasteiger partial charge in [0.1, 0.15) is 0 Å². The maximum absolute atomic E-state index is 12.3. The van der Waals surface area contributed by atoms with Crippen molar-refractivity contribution in [3.05, 3.63) is 24.3 Å². The zero-order valence-electron chi connectivity index (χ0n) is 10.8. The Morgan fingerprint density at radius 1 is 1.21 bits per heavy atom. The summed E-state index contributed by atoms with van der Waals surface area (Å²) in [6, 6.07) is 5.37. The summed E-state index contributed by atoms with van der Waals surface area (Å²) in [7, 11) is -4.52. The smallest absolute Gasteiger partial charge is 0.341 e. The summed E-state index contributed by atoms with van der Waals surface area (Å²) >= 11 is 0. The lowest BCUT2D eigenvalue weighted by atomic mass is 10.0. The van der Waals surface area contributed by atoms with Gasteiger partial charge in [-0.2, -0.15) is 8.78 Å². The van der Waals surface area contributed by atoms with Crippen molar-refractivity contribution >= 4 is 15.5 Å². The summed E-state index contributed by atoms with van der Waals surface area (Å²) in [6.45, 7) is 4.45. The summed E-state index contributed by atoms with van der Waals surface area (Å²) in [5, 5.41) is 3.14. The fourth-order valence-electron chi connectivity index (χ4n) is 1.45. The Morgan fingerprint density at radius 3 is 2.16 bits per heavy atom. The second-order valence-electron chi connectivity index (χ2n) is 4.48. The number of hydrogen-bond acceptors (Lipinski definition) is 4. The van der Waals surface area contributed by atoms with Crippen LogP contribution in [0.1, 0.15) is 13.8 Å². The first-order valence-corrected chi connectivity index (χ1v) is 7.42. The lowest BCUT2D eigenvalue weighted by molar-refractivity contribution is 0.234. The van der Waals surface area contributed by atoms with Gasteiger partial charge in [-0.15, -0.1) is 0 Å². The highest BCUT2D eigenvalue weighted by Gasteiger charge is 2.26. The number of rotatable bonds is 6. The maximum Gasteiger partial charge on any atom is 0.341 e. The molecule has 0 bridgehead atoms. The molecule has 108 valence electrons. The third-order valence-electron chi connectivity index (χ3n) is 3.04. The van der Waals surface area contributed by atoms with Crippen LogP contribution in [0.15, 0.2) is 29.2 Å². The molecular formula is C12H18F2N2O2S. The third kappa shape index (κ3) is 3.87. The Kier molecular flexibility index (Phi) is 5.25. The molecule has 7 heteroatoms. The van der Waals surface area contributed by atoms with Crippen molar-refractivity contribution in [3.8, 4) is 0 Å². The van der Waals surface area contributed by atoms with Gasteiger partial charge < -0.3 is 11.1 Å². The lowest BCUT2D eigenvalue weighted by Gasteiger charge is -2.21. The Balaban J connectivity index is 2.83. The first-order valence-electron chi connectivity index (χ1n) is 5.87. The molecule has 0 aliphatic rings. The average molecular weight is 292 g/mol. The predicted molar refractivity (Wildman–Crippen MR) is 70.9 cm³/mol. The number of alkyl halides is 2. The molecule has 0 amide bonds. The van der Waals surface area contributed by atoms with E-state index in [1.165, 1.54) is 24.3 Å². The molecule has 0 heterocycles. The monoisotopic (exact) mass is 292 g/mol. The van der Waals surface area contributed by atoms with Crippen LogP contribution in [0.3, 0.4) is 0 Å². The van der Waals surface area contributed by atoms with E-state index >= 15 is 0 Å². The van der Waals surface area contributed by atoms with Gasteiger partial charge >= 0.3 is 5.76 Å². The number of nitrogens with one attached hydrogen (secondary N) is 1. The van der Waals surface area contributed by atoms with Crippen molar-refractivity contribution in [2.45, 2.75) is 30.5 Å². The third-order valence-corrected chi connectivity index (χ3v) is 4.44. The van der Waals surface area contributed by atoms with E-state index in [1.807, 2.05) is 13.8 Å². The Bertz CT molecular complexity index is 503. The number of sulfone groups is 1. The molecule has 0 aromatic heterocycles. The van der Waals surface area contributed by atoms with Gasteiger partial charge in [0.2, 0.25) is 9.84 Å². The number of benzene rings is 1. The SMILES string of the molecule is CC(CN)C(C)Nc1ccc(S(=O)(=O)C(F)F)cc1. The fourth-order valence-corrected chi connectivity index (χ4v) is 2.17. The van der Waals surface area contributed by atoms with Crippen molar-refractivity contribution in [3.63, 3.8) is 0 Å². The second kappa shape index (κ2) is 6.29. The van der Waals surface area contributed by atoms with Crippen LogP contribution >= 0.6 is 0 Å². The quantitative estimate of drug-likeness (QED) is 0.842. The van der Waals surface area contributed by atoms with Gasteiger partial charge in [0.15, 0.2) is 0 Å². The van der Waals surface area contributed by atoms with Gasteiger partial charge in [-0.05, 0) is 43.7 Å². The summed E-state index contributed by atoms with van der Waals surface area (Å²) in [5.74, 6) is -3.16.